The lowest BCUT2D eigenvalue weighted by atomic mass is 10.4. The van der Waals surface area contributed by atoms with Gasteiger partial charge in [-0.05, 0) is 0 Å². The topological polar surface area (TPSA) is 803 Å². The maximum Gasteiger partial charge on any atom is 0.473 e. The zero-order valence-electron chi connectivity index (χ0n) is 65.8. The van der Waals surface area contributed by atoms with Crippen molar-refractivity contribution in [3.8, 4) is 0 Å². The van der Waals surface area contributed by atoms with Gasteiger partial charge in [0, 0.05) is 6.66 Å². The molecule has 0 fully saturated rings. The summed E-state index contributed by atoms with van der Waals surface area (Å²) in [6.07, 6.45) is -11.0. The van der Waals surface area contributed by atoms with Gasteiger partial charge in [-0.3, -0.25) is 76.9 Å². The molecule has 70 heteroatoms. The number of ether oxygens (including phenoxy) is 16. The third-order valence-electron chi connectivity index (χ3n) is 12.2. The maximum absolute atomic E-state index is 13.3. The summed E-state index contributed by atoms with van der Waals surface area (Å²) in [5, 5.41) is 8.68. The quantitative estimate of drug-likeness (QED) is 0.0110. The molecule has 0 aliphatic carbocycles. The van der Waals surface area contributed by atoms with E-state index in [1.807, 2.05) is 0 Å². The first-order valence-corrected chi connectivity index (χ1v) is 51.8. The summed E-state index contributed by atoms with van der Waals surface area (Å²) in [5.41, 5.74) is 28.1. The molecule has 0 saturated heterocycles. The van der Waals surface area contributed by atoms with Gasteiger partial charge in [0.15, 0.2) is 0 Å². The minimum atomic E-state index is -5.50. The van der Waals surface area contributed by atoms with Crippen molar-refractivity contribution in [1.82, 2.24) is 5.54 Å². The fourth-order valence-electron chi connectivity index (χ4n) is 7.35. The van der Waals surface area contributed by atoms with E-state index in [0.717, 1.165) is 33.8 Å². The molecule has 58 nitrogen and oxygen atoms in total. The van der Waals surface area contributed by atoms with Crippen molar-refractivity contribution >= 4 is 91.8 Å². The number of hydrogen-bond donors (Lipinski definition) is 16. The maximum atomic E-state index is 13.3. The highest BCUT2D eigenvalue weighted by Gasteiger charge is 2.39. The van der Waals surface area contributed by atoms with Crippen LogP contribution in [-0.4, -0.2) is 383 Å². The number of aliphatic hydroxyl groups excluding tert-OH is 1. The Kier molecular flexibility index (Phi) is 74.7. The van der Waals surface area contributed by atoms with E-state index in [4.69, 9.17) is 182 Å². The van der Waals surface area contributed by atoms with Crippen molar-refractivity contribution in [2.45, 2.75) is 36.6 Å². The molecule has 728 valence electrons. The lowest BCUT2D eigenvalue weighted by Crippen LogP contribution is -2.30. The van der Waals surface area contributed by atoms with Gasteiger partial charge in [-0.1, -0.05) is 21.6 Å². The van der Waals surface area contributed by atoms with Crippen molar-refractivity contribution in [3.63, 3.8) is 0 Å². The smallest absolute Gasteiger partial charge is 0.385 e. The van der Waals surface area contributed by atoms with Gasteiger partial charge in [-0.2, -0.15) is 0 Å². The van der Waals surface area contributed by atoms with Gasteiger partial charge < -0.3 is 158 Å². The number of phosphoric ester groups is 8. The van der Waals surface area contributed by atoms with Gasteiger partial charge in [0.25, 0.3) is 0 Å². The van der Waals surface area contributed by atoms with Gasteiger partial charge in [0.05, 0.1) is 277 Å². The largest absolute Gasteiger partial charge is 0.473 e. The van der Waals surface area contributed by atoms with Crippen LogP contribution in [0.4, 0.5) is 4.48 Å². The van der Waals surface area contributed by atoms with Crippen LogP contribution in [0.1, 0.15) is 0 Å². The summed E-state index contributed by atoms with van der Waals surface area (Å²) < 4.78 is 294. The molecule has 0 heterocycles. The Morgan fingerprint density at radius 2 is 0.446 bits per heavy atom. The van der Waals surface area contributed by atoms with Gasteiger partial charge in [0.1, 0.15) is 49.3 Å². The first kappa shape index (κ1) is 122. The molecule has 21 N–H and O–H groups in total. The van der Waals surface area contributed by atoms with Crippen LogP contribution in [-0.2, 0) is 194 Å². The normalized spacial score (nSPS) is 18.3. The van der Waals surface area contributed by atoms with Gasteiger partial charge in [0.2, 0.25) is 0 Å². The summed E-state index contributed by atoms with van der Waals surface area (Å²) in [6, 6.07) is 0. The minimum absolute atomic E-state index is 0.000486. The molecule has 0 spiro atoms. The van der Waals surface area contributed by atoms with Crippen LogP contribution in [0.3, 0.4) is 0 Å². The summed E-state index contributed by atoms with van der Waals surface area (Å²) in [5.74, 6) is -0.352. The number of nitrogens with two attached hydrogens (primary N) is 5. The molecule has 0 bridgehead atoms. The van der Waals surface area contributed by atoms with E-state index < -0.39 is 240 Å². The third-order valence-corrected chi connectivity index (χ3v) is 22.8. The number of nitrogens with one attached hydrogen (secondary N) is 1. The second-order valence-electron chi connectivity index (χ2n) is 22.1. The third kappa shape index (κ3) is 79.1. The van der Waals surface area contributed by atoms with Crippen LogP contribution in [0, 0.1) is 0 Å². The second-order valence-corrected chi connectivity index (χ2v) is 37.7. The molecule has 15 atom stereocenters. The summed E-state index contributed by atoms with van der Waals surface area (Å²) in [7, 11) is -43.0. The highest BCUT2D eigenvalue weighted by molar-refractivity contribution is 8.76. The van der Waals surface area contributed by atoms with Gasteiger partial charge in [-0.25, -0.2) is 36.5 Å². The van der Waals surface area contributed by atoms with E-state index in [-0.39, 0.29) is 157 Å². The van der Waals surface area contributed by atoms with E-state index in [1.165, 1.54) is 0 Å². The van der Waals surface area contributed by atoms with Crippen molar-refractivity contribution in [1.29, 1.82) is 0 Å². The summed E-state index contributed by atoms with van der Waals surface area (Å²) in [6.45, 7) is -12.9. The van der Waals surface area contributed by atoms with Crippen LogP contribution < -0.4 is 34.2 Å². The first-order valence-electron chi connectivity index (χ1n) is 35.4. The zero-order chi connectivity index (χ0) is 90.5. The average Bonchev–Trinajstić information content (AvgIpc) is 0.862. The van der Waals surface area contributed by atoms with E-state index in [2.05, 4.69) is 9.05 Å². The predicted molar refractivity (Wildman–Crippen MR) is 410 cm³/mol. The molecule has 0 aromatic rings. The molecule has 0 rings (SSSR count). The molecule has 121 heavy (non-hydrogen) atoms. The SMILES string of the molecule is CP(=O)(O)OCCOCCOCCOCCOCCOCCOP(=O)(O)OC(COCN)COP(=O)(O)OC(COCN)COP(=O)(O)OC(COCN)COP(=O)(O)OC(COCN)COP(=O)(O)OC(COCN)COP(=O)(O)OC(COCNF)COP(=O)(O)OCCOCCOCCOCCOCCOCCOP(=O)(O)OCSSCO. The molecule has 0 aromatic carbocycles. The zero-order valence-corrected chi connectivity index (χ0v) is 75.5. The van der Waals surface area contributed by atoms with Gasteiger partial charge >= 0.3 is 70.2 Å². The molecule has 0 aliphatic rings. The number of phosphoric acid groups is 8. The van der Waals surface area contributed by atoms with Crippen molar-refractivity contribution in [3.05, 3.63) is 0 Å². The van der Waals surface area contributed by atoms with E-state index in [1.54, 1.807) is 0 Å². The molecule has 0 radical (unpaired) electrons. The highest BCUT2D eigenvalue weighted by atomic mass is 33.1. The summed E-state index contributed by atoms with van der Waals surface area (Å²) >= 11 is 0. The van der Waals surface area contributed by atoms with Crippen LogP contribution in [0.2, 0.25) is 0 Å². The predicted octanol–water partition coefficient (Wildman–Crippen LogP) is -1.33. The Morgan fingerprint density at radius 3 is 0.661 bits per heavy atom. The van der Waals surface area contributed by atoms with Gasteiger partial charge in [-0.15, -0.1) is 10.0 Å². The molecule has 15 unspecified atom stereocenters. The lowest BCUT2D eigenvalue weighted by Gasteiger charge is -2.26. The number of halogens is 1. The molecular weight excluding hydrogens is 1890 g/mol. The highest BCUT2D eigenvalue weighted by Crippen LogP contribution is 2.53. The Bertz CT molecular complexity index is 2990. The minimum Gasteiger partial charge on any atom is -0.385 e. The Hall–Kier alpha value is 0.740. The number of aliphatic hydroxyl groups is 1. The standard InChI is InChI=1S/C51H118FN6O52P9S2/c1-111(60,61)94-22-18-84-14-10-80-6-2-78-5-9-83-13-17-87-21-25-97-114(66,67)105-46(26-88-38-53)33-99-115(68,69)106-47(27-89-39-54)34-100-116(70,71)107-48(28-90-40-55)35-101-117(72,73)108-49(29-91-41-56)36-102-118(74,75)109-50(30-92-42-57)37-103-119(76,77)110-51(31-93-43-58-52)32-98-112(62,63)95-23-19-85-15-11-81-7-3-79-4-8-82-12-16-86-20-24-96-113(64,65)104-45-121-120-44-59/h46-51,58-59H,2-45,53-57H2,1H3,(H,60,61)(H,62,63)(H,64,65)(H,66,67)(H,68,69)(H,70,71)(H,72,73)(H,74,75)(H,76,77). The molecular formula is C51H118FN6O52P9S2. The number of rotatable bonds is 94. The fourth-order valence-corrected chi connectivity index (χ4v) is 16.0. The monoisotopic (exact) mass is 2010 g/mol. The molecule has 0 amide bonds. The first-order chi connectivity index (χ1) is 57.3. The van der Waals surface area contributed by atoms with Crippen molar-refractivity contribution in [2.24, 2.45) is 28.7 Å². The number of hydrogen-bond acceptors (Lipinski definition) is 51. The van der Waals surface area contributed by atoms with Crippen LogP contribution in [0.15, 0.2) is 0 Å². The van der Waals surface area contributed by atoms with Crippen LogP contribution in [0.25, 0.3) is 0 Å². The van der Waals surface area contributed by atoms with Crippen LogP contribution >= 0.6 is 91.8 Å². The average molecular weight is 2010 g/mol. The van der Waals surface area contributed by atoms with E-state index in [9.17, 15) is 84.7 Å². The van der Waals surface area contributed by atoms with Crippen molar-refractivity contribution < 1.29 is 247 Å². The fraction of sp³-hybridized carbons (Fsp3) is 1.00. The Balaban J connectivity index is 5.34. The lowest BCUT2D eigenvalue weighted by molar-refractivity contribution is -0.0377. The van der Waals surface area contributed by atoms with E-state index >= 15 is 0 Å². The van der Waals surface area contributed by atoms with Crippen molar-refractivity contribution in [2.75, 3.05) is 297 Å². The summed E-state index contributed by atoms with van der Waals surface area (Å²) in [4.78, 5) is 92.6. The molecule has 0 aliphatic heterocycles. The second kappa shape index (κ2) is 74.2. The molecule has 0 aromatic heterocycles. The Labute approximate surface area is 704 Å². The van der Waals surface area contributed by atoms with E-state index in [0.29, 0.717) is 0 Å². The van der Waals surface area contributed by atoms with Crippen LogP contribution in [0.5, 0.6) is 0 Å². The Morgan fingerprint density at radius 1 is 0.256 bits per heavy atom. The molecule has 0 saturated carbocycles.